The number of halogens is 5. The van der Waals surface area contributed by atoms with E-state index in [-0.39, 0.29) is 6.04 Å². The molecule has 0 saturated heterocycles. The summed E-state index contributed by atoms with van der Waals surface area (Å²) in [5.41, 5.74) is 1.23. The summed E-state index contributed by atoms with van der Waals surface area (Å²) in [6, 6.07) is 7.04. The molecule has 1 atom stereocenters. The van der Waals surface area contributed by atoms with Gasteiger partial charge in [0.2, 0.25) is 0 Å². The SMILES string of the molecule is CC(Nc1ccc(Br)c(Cl)c1Cl)c1ccc(F)c(F)c1. The lowest BCUT2D eigenvalue weighted by Crippen LogP contribution is -2.08. The minimum Gasteiger partial charge on any atom is -0.377 e. The topological polar surface area (TPSA) is 12.0 Å². The van der Waals surface area contributed by atoms with Gasteiger partial charge in [0.05, 0.1) is 15.7 Å². The predicted octanol–water partition coefficient (Wildman–Crippen LogP) is 6.21. The largest absolute Gasteiger partial charge is 0.377 e. The Morgan fingerprint density at radius 2 is 1.75 bits per heavy atom. The van der Waals surface area contributed by atoms with Crippen LogP contribution in [-0.2, 0) is 0 Å². The molecular formula is C14H10BrCl2F2N. The van der Waals surface area contributed by atoms with Crippen LogP contribution in [0.1, 0.15) is 18.5 Å². The van der Waals surface area contributed by atoms with Gasteiger partial charge in [0.25, 0.3) is 0 Å². The average molecular weight is 381 g/mol. The highest BCUT2D eigenvalue weighted by atomic mass is 79.9. The molecule has 0 spiro atoms. The third-order valence-electron chi connectivity index (χ3n) is 2.85. The van der Waals surface area contributed by atoms with Crippen molar-refractivity contribution in [1.29, 1.82) is 0 Å². The predicted molar refractivity (Wildman–Crippen MR) is 82.6 cm³/mol. The van der Waals surface area contributed by atoms with Crippen LogP contribution >= 0.6 is 39.1 Å². The van der Waals surface area contributed by atoms with E-state index >= 15 is 0 Å². The van der Waals surface area contributed by atoms with E-state index in [0.717, 1.165) is 12.1 Å². The molecule has 0 aliphatic carbocycles. The molecule has 0 heterocycles. The summed E-state index contributed by atoms with van der Waals surface area (Å²) >= 11 is 15.4. The zero-order valence-electron chi connectivity index (χ0n) is 10.4. The summed E-state index contributed by atoms with van der Waals surface area (Å²) in [4.78, 5) is 0. The number of hydrogen-bond acceptors (Lipinski definition) is 1. The highest BCUT2D eigenvalue weighted by molar-refractivity contribution is 9.10. The van der Waals surface area contributed by atoms with Crippen LogP contribution in [0.25, 0.3) is 0 Å². The normalized spacial score (nSPS) is 12.3. The lowest BCUT2D eigenvalue weighted by molar-refractivity contribution is 0.506. The summed E-state index contributed by atoms with van der Waals surface area (Å²) in [7, 11) is 0. The van der Waals surface area contributed by atoms with Crippen LogP contribution in [-0.4, -0.2) is 0 Å². The molecule has 0 radical (unpaired) electrons. The molecule has 1 nitrogen and oxygen atoms in total. The van der Waals surface area contributed by atoms with E-state index in [4.69, 9.17) is 23.2 Å². The van der Waals surface area contributed by atoms with Gasteiger partial charge in [-0.25, -0.2) is 8.78 Å². The molecular weight excluding hydrogens is 371 g/mol. The van der Waals surface area contributed by atoms with Crippen LogP contribution in [0.3, 0.4) is 0 Å². The molecule has 0 aromatic heterocycles. The minimum atomic E-state index is -0.879. The Kier molecular flexibility index (Phi) is 4.89. The van der Waals surface area contributed by atoms with Crippen LogP contribution in [0.15, 0.2) is 34.8 Å². The van der Waals surface area contributed by atoms with E-state index in [1.807, 2.05) is 6.92 Å². The minimum absolute atomic E-state index is 0.250. The fraction of sp³-hybridized carbons (Fsp3) is 0.143. The highest BCUT2D eigenvalue weighted by Gasteiger charge is 2.13. The summed E-state index contributed by atoms with van der Waals surface area (Å²) in [5, 5.41) is 3.88. The van der Waals surface area contributed by atoms with E-state index in [9.17, 15) is 8.78 Å². The van der Waals surface area contributed by atoms with Crippen LogP contribution in [0, 0.1) is 11.6 Å². The van der Waals surface area contributed by atoms with Crippen molar-refractivity contribution >= 4 is 44.8 Å². The summed E-state index contributed by atoms with van der Waals surface area (Å²) in [6.45, 7) is 1.82. The van der Waals surface area contributed by atoms with Gasteiger partial charge in [-0.3, -0.25) is 0 Å². The van der Waals surface area contributed by atoms with E-state index in [0.29, 0.717) is 25.8 Å². The van der Waals surface area contributed by atoms with E-state index in [1.54, 1.807) is 12.1 Å². The summed E-state index contributed by atoms with van der Waals surface area (Å²) in [6.07, 6.45) is 0. The van der Waals surface area contributed by atoms with Crippen molar-refractivity contribution in [3.05, 3.63) is 62.0 Å². The van der Waals surface area contributed by atoms with E-state index in [2.05, 4.69) is 21.2 Å². The van der Waals surface area contributed by atoms with Gasteiger partial charge in [0, 0.05) is 10.5 Å². The third-order valence-corrected chi connectivity index (χ3v) is 4.62. The molecule has 0 saturated carbocycles. The maximum atomic E-state index is 13.2. The van der Waals surface area contributed by atoms with Gasteiger partial charge in [0.1, 0.15) is 0 Å². The second-order valence-corrected chi connectivity index (χ2v) is 5.87. The first-order valence-corrected chi connectivity index (χ1v) is 7.30. The molecule has 0 fully saturated rings. The Labute approximate surface area is 134 Å². The molecule has 0 aliphatic rings. The second kappa shape index (κ2) is 6.29. The Hall–Kier alpha value is -0.840. The molecule has 6 heteroatoms. The molecule has 1 N–H and O–H groups in total. The fourth-order valence-electron chi connectivity index (χ4n) is 1.74. The van der Waals surface area contributed by atoms with Crippen molar-refractivity contribution in [3.8, 4) is 0 Å². The van der Waals surface area contributed by atoms with Gasteiger partial charge >= 0.3 is 0 Å². The molecule has 106 valence electrons. The van der Waals surface area contributed by atoms with Crippen molar-refractivity contribution in [3.63, 3.8) is 0 Å². The van der Waals surface area contributed by atoms with Crippen molar-refractivity contribution in [2.45, 2.75) is 13.0 Å². The van der Waals surface area contributed by atoms with Gasteiger partial charge < -0.3 is 5.32 Å². The molecule has 1 unspecified atom stereocenters. The Morgan fingerprint density at radius 1 is 1.05 bits per heavy atom. The van der Waals surface area contributed by atoms with Crippen LogP contribution in [0.2, 0.25) is 10.0 Å². The zero-order chi connectivity index (χ0) is 14.9. The van der Waals surface area contributed by atoms with Crippen LogP contribution in [0.5, 0.6) is 0 Å². The van der Waals surface area contributed by atoms with Gasteiger partial charge in [-0.1, -0.05) is 29.3 Å². The van der Waals surface area contributed by atoms with Crippen molar-refractivity contribution in [2.75, 3.05) is 5.32 Å². The highest BCUT2D eigenvalue weighted by Crippen LogP contribution is 2.37. The standard InChI is InChI=1S/C14H10BrCl2F2N/c1-7(8-2-4-10(18)11(19)6-8)20-12-5-3-9(15)13(16)14(12)17/h2-7,20H,1H3. The molecule has 2 rings (SSSR count). The number of benzene rings is 2. The zero-order valence-corrected chi connectivity index (χ0v) is 13.5. The quantitative estimate of drug-likeness (QED) is 0.624. The van der Waals surface area contributed by atoms with Gasteiger partial charge in [-0.15, -0.1) is 0 Å². The summed E-state index contributed by atoms with van der Waals surface area (Å²) < 4.78 is 26.8. The van der Waals surface area contributed by atoms with Gasteiger partial charge in [0.15, 0.2) is 11.6 Å². The molecule has 0 aliphatic heterocycles. The first kappa shape index (κ1) is 15.5. The lowest BCUT2D eigenvalue weighted by Gasteiger charge is -2.17. The number of nitrogens with one attached hydrogen (secondary N) is 1. The lowest BCUT2D eigenvalue weighted by atomic mass is 10.1. The fourth-order valence-corrected chi connectivity index (χ4v) is 2.56. The van der Waals surface area contributed by atoms with Crippen LogP contribution in [0.4, 0.5) is 14.5 Å². The Balaban J connectivity index is 2.25. The number of rotatable bonds is 3. The average Bonchev–Trinajstić information content (AvgIpc) is 2.42. The Morgan fingerprint density at radius 3 is 2.40 bits per heavy atom. The molecule has 20 heavy (non-hydrogen) atoms. The van der Waals surface area contributed by atoms with Crippen molar-refractivity contribution < 1.29 is 8.78 Å². The summed E-state index contributed by atoms with van der Waals surface area (Å²) in [5.74, 6) is -1.75. The van der Waals surface area contributed by atoms with Crippen LogP contribution < -0.4 is 5.32 Å². The number of hydrogen-bond donors (Lipinski definition) is 1. The maximum Gasteiger partial charge on any atom is 0.159 e. The van der Waals surface area contributed by atoms with E-state index < -0.39 is 11.6 Å². The molecule has 2 aromatic rings. The first-order valence-electron chi connectivity index (χ1n) is 5.75. The Bertz CT molecular complexity index is 649. The molecule has 2 aromatic carbocycles. The monoisotopic (exact) mass is 379 g/mol. The van der Waals surface area contributed by atoms with Gasteiger partial charge in [-0.2, -0.15) is 0 Å². The third kappa shape index (κ3) is 3.25. The smallest absolute Gasteiger partial charge is 0.159 e. The van der Waals surface area contributed by atoms with Crippen molar-refractivity contribution in [1.82, 2.24) is 0 Å². The molecule has 0 amide bonds. The van der Waals surface area contributed by atoms with E-state index in [1.165, 1.54) is 6.07 Å². The first-order chi connectivity index (χ1) is 9.40. The van der Waals surface area contributed by atoms with Crippen molar-refractivity contribution in [2.24, 2.45) is 0 Å². The molecule has 0 bridgehead atoms. The second-order valence-electron chi connectivity index (χ2n) is 4.26. The number of anilines is 1. The van der Waals surface area contributed by atoms with Gasteiger partial charge in [-0.05, 0) is 52.7 Å². The maximum absolute atomic E-state index is 13.2.